The van der Waals surface area contributed by atoms with Gasteiger partial charge in [-0.3, -0.25) is 14.0 Å². The van der Waals surface area contributed by atoms with Gasteiger partial charge >= 0.3 is 6.18 Å². The molecule has 3 aromatic rings. The second kappa shape index (κ2) is 8.52. The van der Waals surface area contributed by atoms with Gasteiger partial charge in [-0.1, -0.05) is 30.0 Å². The summed E-state index contributed by atoms with van der Waals surface area (Å²) in [4.78, 5) is 25.5. The summed E-state index contributed by atoms with van der Waals surface area (Å²) in [5, 5.41) is 10.7. The minimum Gasteiger partial charge on any atom is -0.336 e. The summed E-state index contributed by atoms with van der Waals surface area (Å²) in [6, 6.07) is 10.1. The Morgan fingerprint density at radius 2 is 1.86 bits per heavy atom. The van der Waals surface area contributed by atoms with Crippen molar-refractivity contribution in [1.29, 1.82) is 0 Å². The number of fused-ring (bicyclic) bond motifs is 1. The lowest BCUT2D eigenvalue weighted by atomic mass is 10.1. The minimum atomic E-state index is -4.59. The van der Waals surface area contributed by atoms with Crippen molar-refractivity contribution in [2.45, 2.75) is 11.3 Å². The van der Waals surface area contributed by atoms with E-state index in [4.69, 9.17) is 0 Å². The van der Waals surface area contributed by atoms with Gasteiger partial charge < -0.3 is 10.2 Å². The topological polar surface area (TPSA) is 79.6 Å². The summed E-state index contributed by atoms with van der Waals surface area (Å²) < 4.78 is 40.7. The van der Waals surface area contributed by atoms with Gasteiger partial charge in [0.2, 0.25) is 11.8 Å². The third kappa shape index (κ3) is 5.05. The molecule has 0 atom stereocenters. The summed E-state index contributed by atoms with van der Waals surface area (Å²) >= 11 is 1.15. The van der Waals surface area contributed by atoms with E-state index < -0.39 is 17.6 Å². The molecule has 11 heteroatoms. The molecule has 0 saturated heterocycles. The van der Waals surface area contributed by atoms with Gasteiger partial charge in [0.25, 0.3) is 0 Å². The lowest BCUT2D eigenvalue weighted by Gasteiger charge is -2.18. The van der Waals surface area contributed by atoms with Gasteiger partial charge in [0.05, 0.1) is 23.5 Å². The second-order valence-corrected chi connectivity index (χ2v) is 6.98. The molecule has 0 aliphatic carbocycles. The fourth-order valence-electron chi connectivity index (χ4n) is 2.49. The third-order valence-corrected chi connectivity index (χ3v) is 4.85. The van der Waals surface area contributed by atoms with Gasteiger partial charge in [-0.05, 0) is 24.3 Å². The number of nitrogens with zero attached hydrogens (tertiary/aromatic N) is 4. The highest BCUT2D eigenvalue weighted by Crippen LogP contribution is 2.34. The Morgan fingerprint density at radius 1 is 1.14 bits per heavy atom. The van der Waals surface area contributed by atoms with Gasteiger partial charge in [0.1, 0.15) is 0 Å². The number of thioether (sulfide) groups is 1. The smallest absolute Gasteiger partial charge is 0.336 e. The quantitative estimate of drug-likeness (QED) is 0.617. The van der Waals surface area contributed by atoms with Crippen molar-refractivity contribution in [2.75, 3.05) is 24.7 Å². The van der Waals surface area contributed by atoms with Crippen LogP contribution in [0.5, 0.6) is 0 Å². The molecule has 0 fully saturated rings. The van der Waals surface area contributed by atoms with Gasteiger partial charge in [0.15, 0.2) is 10.8 Å². The molecule has 1 N–H and O–H groups in total. The first kappa shape index (κ1) is 20.6. The monoisotopic (exact) mass is 423 g/mol. The summed E-state index contributed by atoms with van der Waals surface area (Å²) in [6.07, 6.45) is -2.83. The number of carbonyl (C=O) groups is 2. The molecule has 7 nitrogen and oxygen atoms in total. The minimum absolute atomic E-state index is 0.00138. The highest BCUT2D eigenvalue weighted by atomic mass is 32.2. The average Bonchev–Trinajstić information content (AvgIpc) is 3.08. The number of hydrogen-bond donors (Lipinski definition) is 1. The Balaban J connectivity index is 1.56. The number of nitrogens with one attached hydrogen (secondary N) is 1. The summed E-state index contributed by atoms with van der Waals surface area (Å²) in [5.74, 6) is -1.10. The van der Waals surface area contributed by atoms with Crippen LogP contribution >= 0.6 is 11.8 Å². The van der Waals surface area contributed by atoms with Crippen LogP contribution in [-0.4, -0.2) is 50.7 Å². The maximum atomic E-state index is 13.0. The predicted molar refractivity (Wildman–Crippen MR) is 101 cm³/mol. The van der Waals surface area contributed by atoms with E-state index in [1.54, 1.807) is 22.7 Å². The Morgan fingerprint density at radius 3 is 2.62 bits per heavy atom. The van der Waals surface area contributed by atoms with E-state index in [9.17, 15) is 22.8 Å². The number of likely N-dealkylation sites (N-methyl/N-ethyl adjacent to an activating group) is 1. The average molecular weight is 423 g/mol. The van der Waals surface area contributed by atoms with Crippen molar-refractivity contribution in [2.24, 2.45) is 0 Å². The van der Waals surface area contributed by atoms with E-state index in [0.717, 1.165) is 28.8 Å². The molecule has 0 radical (unpaired) electrons. The van der Waals surface area contributed by atoms with Crippen molar-refractivity contribution < 1.29 is 22.8 Å². The van der Waals surface area contributed by atoms with E-state index in [2.05, 4.69) is 15.5 Å². The maximum Gasteiger partial charge on any atom is 0.418 e. The number of amides is 2. The number of benzene rings is 1. The third-order valence-electron chi connectivity index (χ3n) is 3.92. The molecule has 29 heavy (non-hydrogen) atoms. The van der Waals surface area contributed by atoms with E-state index in [-0.39, 0.29) is 23.9 Å². The Labute approximate surface area is 167 Å². The number of carbonyl (C=O) groups excluding carboxylic acids is 2. The number of halogens is 3. The zero-order valence-electron chi connectivity index (χ0n) is 15.2. The number of aromatic nitrogens is 3. The van der Waals surface area contributed by atoms with Crippen molar-refractivity contribution in [3.8, 4) is 0 Å². The maximum absolute atomic E-state index is 13.0. The molecule has 3 rings (SSSR count). The van der Waals surface area contributed by atoms with Crippen LogP contribution in [-0.2, 0) is 15.8 Å². The molecule has 2 heterocycles. The van der Waals surface area contributed by atoms with Crippen LogP contribution in [0.4, 0.5) is 18.9 Å². The highest BCUT2D eigenvalue weighted by Gasteiger charge is 2.33. The first-order chi connectivity index (χ1) is 13.8. The fraction of sp³-hybridized carbons (Fsp3) is 0.222. The summed E-state index contributed by atoms with van der Waals surface area (Å²) in [7, 11) is 1.40. The van der Waals surface area contributed by atoms with E-state index in [0.29, 0.717) is 10.8 Å². The Bertz CT molecular complexity index is 1040. The normalized spacial score (nSPS) is 11.4. The molecule has 2 amide bonds. The van der Waals surface area contributed by atoms with Crippen molar-refractivity contribution in [3.05, 3.63) is 54.2 Å². The van der Waals surface area contributed by atoms with Gasteiger partial charge in [-0.15, -0.1) is 10.2 Å². The molecular weight excluding hydrogens is 407 g/mol. The second-order valence-electron chi connectivity index (χ2n) is 6.04. The lowest BCUT2D eigenvalue weighted by Crippen LogP contribution is -2.36. The van der Waals surface area contributed by atoms with E-state index in [1.165, 1.54) is 19.2 Å². The van der Waals surface area contributed by atoms with Crippen LogP contribution in [0.25, 0.3) is 5.65 Å². The van der Waals surface area contributed by atoms with Crippen LogP contribution in [0.1, 0.15) is 5.56 Å². The molecule has 0 aliphatic heterocycles. The number of hydrogen-bond acceptors (Lipinski definition) is 5. The molecule has 0 spiro atoms. The first-order valence-electron chi connectivity index (χ1n) is 8.38. The SMILES string of the molecule is CN(CC(=O)Nc1ccccc1C(F)(F)F)C(=O)CSc1nnc2ccccn12. The predicted octanol–water partition coefficient (Wildman–Crippen LogP) is 2.94. The van der Waals surface area contributed by atoms with Crippen molar-refractivity contribution in [1.82, 2.24) is 19.5 Å². The van der Waals surface area contributed by atoms with Gasteiger partial charge in [-0.25, -0.2) is 0 Å². The van der Waals surface area contributed by atoms with E-state index >= 15 is 0 Å². The van der Waals surface area contributed by atoms with Crippen LogP contribution in [0.15, 0.2) is 53.8 Å². The zero-order chi connectivity index (χ0) is 21.0. The van der Waals surface area contributed by atoms with Crippen molar-refractivity contribution in [3.63, 3.8) is 0 Å². The number of para-hydroxylation sites is 1. The largest absolute Gasteiger partial charge is 0.418 e. The van der Waals surface area contributed by atoms with Gasteiger partial charge in [0, 0.05) is 13.2 Å². The first-order valence-corrected chi connectivity index (χ1v) is 9.37. The number of alkyl halides is 3. The van der Waals surface area contributed by atoms with Crippen LogP contribution in [0, 0.1) is 0 Å². The van der Waals surface area contributed by atoms with Crippen LogP contribution in [0.3, 0.4) is 0 Å². The molecule has 0 aliphatic rings. The number of anilines is 1. The molecule has 1 aromatic carbocycles. The lowest BCUT2D eigenvalue weighted by molar-refractivity contribution is -0.137. The Hall–Kier alpha value is -3.08. The van der Waals surface area contributed by atoms with Gasteiger partial charge in [-0.2, -0.15) is 13.2 Å². The number of rotatable bonds is 6. The number of pyridine rings is 1. The molecular formula is C18H16F3N5O2S. The van der Waals surface area contributed by atoms with Crippen LogP contribution in [0.2, 0.25) is 0 Å². The Kier molecular flexibility index (Phi) is 6.06. The molecule has 0 saturated carbocycles. The molecule has 2 aromatic heterocycles. The standard InChI is InChI=1S/C18H16F3N5O2S/c1-25(10-15(27)22-13-7-3-2-6-12(13)18(19,20)21)16(28)11-29-17-24-23-14-8-4-5-9-26(14)17/h2-9H,10-11H2,1H3,(H,22,27). The fourth-order valence-corrected chi connectivity index (χ4v) is 3.35. The summed E-state index contributed by atoms with van der Waals surface area (Å²) in [5.41, 5.74) is -0.662. The zero-order valence-corrected chi connectivity index (χ0v) is 16.0. The molecule has 0 unspecified atom stereocenters. The molecule has 152 valence electrons. The summed E-state index contributed by atoms with van der Waals surface area (Å²) in [6.45, 7) is -0.383. The molecule has 0 bridgehead atoms. The van der Waals surface area contributed by atoms with Crippen LogP contribution < -0.4 is 5.32 Å². The van der Waals surface area contributed by atoms with E-state index in [1.807, 2.05) is 6.07 Å². The van der Waals surface area contributed by atoms with Crippen molar-refractivity contribution >= 4 is 34.9 Å². The highest BCUT2D eigenvalue weighted by molar-refractivity contribution is 7.99.